The van der Waals surface area contributed by atoms with Gasteiger partial charge in [-0.2, -0.15) is 0 Å². The van der Waals surface area contributed by atoms with Crippen LogP contribution in [0.25, 0.3) is 10.4 Å². The van der Waals surface area contributed by atoms with Crippen LogP contribution >= 0.6 is 23.2 Å². The SMILES string of the molecule is [N-]=[N+]=NC(C(=O)N1C(=O)OCC1Cc1ccccc1)C(c1ccc(Cl)cc1)c1ccc(Cl)cc1. The van der Waals surface area contributed by atoms with Crippen LogP contribution in [-0.4, -0.2) is 35.6 Å². The first-order chi connectivity index (χ1) is 16.5. The smallest absolute Gasteiger partial charge is 0.416 e. The molecule has 0 N–H and O–H groups in total. The second-order valence-electron chi connectivity index (χ2n) is 7.86. The fraction of sp³-hybridized carbons (Fsp3) is 0.200. The van der Waals surface area contributed by atoms with Crippen LogP contribution in [-0.2, 0) is 16.0 Å². The van der Waals surface area contributed by atoms with Crippen molar-refractivity contribution >= 4 is 35.2 Å². The lowest BCUT2D eigenvalue weighted by Gasteiger charge is -2.28. The van der Waals surface area contributed by atoms with E-state index in [0.717, 1.165) is 10.5 Å². The summed E-state index contributed by atoms with van der Waals surface area (Å²) in [7, 11) is 0. The molecule has 7 nitrogen and oxygen atoms in total. The van der Waals surface area contributed by atoms with Crippen molar-refractivity contribution in [2.45, 2.75) is 24.4 Å². The van der Waals surface area contributed by atoms with Gasteiger partial charge >= 0.3 is 6.09 Å². The zero-order valence-electron chi connectivity index (χ0n) is 17.9. The predicted octanol–water partition coefficient (Wildman–Crippen LogP) is 6.39. The largest absolute Gasteiger partial charge is 0.447 e. The Morgan fingerprint density at radius 2 is 1.56 bits per heavy atom. The molecule has 0 spiro atoms. The molecular weight excluding hydrogens is 475 g/mol. The number of carbonyl (C=O) groups excluding carboxylic acids is 2. The number of hydrogen-bond acceptors (Lipinski definition) is 4. The number of nitrogens with zero attached hydrogens (tertiary/aromatic N) is 4. The van der Waals surface area contributed by atoms with Crippen molar-refractivity contribution in [2.24, 2.45) is 5.11 Å². The number of cyclic esters (lactones) is 1. The van der Waals surface area contributed by atoms with E-state index in [-0.39, 0.29) is 6.61 Å². The van der Waals surface area contributed by atoms with Crippen molar-refractivity contribution in [3.63, 3.8) is 0 Å². The number of halogens is 2. The van der Waals surface area contributed by atoms with Gasteiger partial charge in [-0.15, -0.1) is 0 Å². The molecule has 0 aliphatic carbocycles. The number of amides is 2. The van der Waals surface area contributed by atoms with E-state index in [1.165, 1.54) is 0 Å². The molecule has 2 amide bonds. The van der Waals surface area contributed by atoms with Crippen LogP contribution < -0.4 is 0 Å². The van der Waals surface area contributed by atoms with E-state index in [9.17, 15) is 15.1 Å². The number of ether oxygens (including phenoxy) is 1. The average Bonchev–Trinajstić information content (AvgIpc) is 3.21. The molecule has 172 valence electrons. The molecule has 1 saturated heterocycles. The van der Waals surface area contributed by atoms with Crippen molar-refractivity contribution in [1.82, 2.24) is 4.90 Å². The molecule has 1 fully saturated rings. The van der Waals surface area contributed by atoms with Crippen LogP contribution in [0.15, 0.2) is 84.0 Å². The Kier molecular flexibility index (Phi) is 7.38. The second kappa shape index (κ2) is 10.6. The van der Waals surface area contributed by atoms with Gasteiger partial charge in [0.1, 0.15) is 12.6 Å². The van der Waals surface area contributed by atoms with E-state index < -0.39 is 30.0 Å². The molecule has 0 saturated carbocycles. The highest BCUT2D eigenvalue weighted by atomic mass is 35.5. The average molecular weight is 495 g/mol. The van der Waals surface area contributed by atoms with E-state index in [1.54, 1.807) is 48.5 Å². The van der Waals surface area contributed by atoms with Gasteiger partial charge in [-0.3, -0.25) is 4.79 Å². The fourth-order valence-corrected chi connectivity index (χ4v) is 4.37. The lowest BCUT2D eigenvalue weighted by molar-refractivity contribution is -0.130. The summed E-state index contributed by atoms with van der Waals surface area (Å²) in [6, 6.07) is 21.6. The Morgan fingerprint density at radius 3 is 2.09 bits per heavy atom. The maximum absolute atomic E-state index is 13.8. The standard InChI is InChI=1S/C25H20Cl2N4O3/c26-19-10-6-17(7-11-19)22(18-8-12-20(27)13-9-18)23(29-30-28)24(32)31-21(15-34-25(31)33)14-16-4-2-1-3-5-16/h1-13,21-23H,14-15H2. The molecule has 1 aliphatic rings. The summed E-state index contributed by atoms with van der Waals surface area (Å²) in [4.78, 5) is 30.4. The Morgan fingerprint density at radius 1 is 1.00 bits per heavy atom. The van der Waals surface area contributed by atoms with Crippen LogP contribution in [0.5, 0.6) is 0 Å². The summed E-state index contributed by atoms with van der Waals surface area (Å²) in [5.74, 6) is -1.31. The summed E-state index contributed by atoms with van der Waals surface area (Å²) < 4.78 is 5.22. The van der Waals surface area contributed by atoms with Gasteiger partial charge in [0, 0.05) is 20.9 Å². The topological polar surface area (TPSA) is 95.4 Å². The summed E-state index contributed by atoms with van der Waals surface area (Å²) in [6.45, 7) is 0.0645. The van der Waals surface area contributed by atoms with Gasteiger partial charge in [0.15, 0.2) is 0 Å². The number of hydrogen-bond donors (Lipinski definition) is 0. The molecule has 1 heterocycles. The minimum absolute atomic E-state index is 0.0645. The first kappa shape index (κ1) is 23.6. The third-order valence-corrected chi connectivity index (χ3v) is 6.22. The van der Waals surface area contributed by atoms with Crippen molar-refractivity contribution in [2.75, 3.05) is 6.61 Å². The molecule has 2 unspecified atom stereocenters. The highest BCUT2D eigenvalue weighted by Gasteiger charge is 2.43. The van der Waals surface area contributed by atoms with E-state index in [2.05, 4.69) is 10.0 Å². The first-order valence-corrected chi connectivity index (χ1v) is 11.3. The molecule has 3 aromatic carbocycles. The molecule has 0 radical (unpaired) electrons. The predicted molar refractivity (Wildman–Crippen MR) is 130 cm³/mol. The number of imide groups is 1. The third kappa shape index (κ3) is 5.18. The van der Waals surface area contributed by atoms with Gasteiger partial charge in [-0.25, -0.2) is 9.69 Å². The van der Waals surface area contributed by atoms with Crippen molar-refractivity contribution in [3.05, 3.63) is 116 Å². The van der Waals surface area contributed by atoms with E-state index in [0.29, 0.717) is 27.6 Å². The van der Waals surface area contributed by atoms with Crippen molar-refractivity contribution in [3.8, 4) is 0 Å². The van der Waals surface area contributed by atoms with Crippen LogP contribution in [0, 0.1) is 0 Å². The lowest BCUT2D eigenvalue weighted by Crippen LogP contribution is -2.47. The molecule has 34 heavy (non-hydrogen) atoms. The molecule has 0 aromatic heterocycles. The lowest BCUT2D eigenvalue weighted by atomic mass is 9.84. The normalized spacial score (nSPS) is 16.1. The second-order valence-corrected chi connectivity index (χ2v) is 8.73. The summed E-state index contributed by atoms with van der Waals surface area (Å²) in [6.07, 6.45) is -0.330. The summed E-state index contributed by atoms with van der Waals surface area (Å²) in [5, 5.41) is 4.91. The minimum Gasteiger partial charge on any atom is -0.447 e. The number of azide groups is 1. The Hall–Kier alpha value is -3.51. The summed E-state index contributed by atoms with van der Waals surface area (Å²) >= 11 is 12.1. The van der Waals surface area contributed by atoms with Crippen molar-refractivity contribution < 1.29 is 14.3 Å². The Balaban J connectivity index is 1.73. The van der Waals surface area contributed by atoms with Gasteiger partial charge in [0.05, 0.1) is 6.04 Å². The van der Waals surface area contributed by atoms with Gasteiger partial charge in [-0.1, -0.05) is 82.9 Å². The van der Waals surface area contributed by atoms with Crippen LogP contribution in [0.4, 0.5) is 4.79 Å². The Bertz CT molecular complexity index is 1170. The van der Waals surface area contributed by atoms with E-state index in [4.69, 9.17) is 27.9 Å². The maximum atomic E-state index is 13.8. The highest BCUT2D eigenvalue weighted by Crippen LogP contribution is 2.34. The molecular formula is C25H20Cl2N4O3. The fourth-order valence-electron chi connectivity index (χ4n) is 4.12. The number of benzene rings is 3. The van der Waals surface area contributed by atoms with Crippen molar-refractivity contribution in [1.29, 1.82) is 0 Å². The first-order valence-electron chi connectivity index (χ1n) is 10.6. The minimum atomic E-state index is -1.24. The quantitative estimate of drug-likeness (QED) is 0.216. The van der Waals surface area contributed by atoms with Gasteiger partial charge < -0.3 is 4.74 Å². The molecule has 1 aliphatic heterocycles. The monoisotopic (exact) mass is 494 g/mol. The van der Waals surface area contributed by atoms with Crippen LogP contribution in [0.3, 0.4) is 0 Å². The Labute approximate surface area is 206 Å². The van der Waals surface area contributed by atoms with E-state index >= 15 is 0 Å². The molecule has 2 atom stereocenters. The maximum Gasteiger partial charge on any atom is 0.416 e. The number of rotatable bonds is 7. The molecule has 3 aromatic rings. The van der Waals surface area contributed by atoms with Crippen LogP contribution in [0.2, 0.25) is 10.0 Å². The zero-order valence-corrected chi connectivity index (χ0v) is 19.4. The molecule has 9 heteroatoms. The van der Waals surface area contributed by atoms with E-state index in [1.807, 2.05) is 30.3 Å². The van der Waals surface area contributed by atoms with Gasteiger partial charge in [0.2, 0.25) is 5.91 Å². The van der Waals surface area contributed by atoms with Gasteiger partial charge in [0.25, 0.3) is 0 Å². The third-order valence-electron chi connectivity index (χ3n) is 5.72. The van der Waals surface area contributed by atoms with Gasteiger partial charge in [-0.05, 0) is 52.9 Å². The molecule has 4 rings (SSSR count). The van der Waals surface area contributed by atoms with Crippen LogP contribution in [0.1, 0.15) is 22.6 Å². The molecule has 0 bridgehead atoms. The number of carbonyl (C=O) groups is 2. The summed E-state index contributed by atoms with van der Waals surface area (Å²) in [5.41, 5.74) is 11.7. The highest BCUT2D eigenvalue weighted by molar-refractivity contribution is 6.30. The zero-order chi connectivity index (χ0) is 24.1.